The maximum atomic E-state index is 13.6. The molecule has 1 aliphatic carbocycles. The summed E-state index contributed by atoms with van der Waals surface area (Å²) in [7, 11) is -0.478. The van der Waals surface area contributed by atoms with Gasteiger partial charge in [-0.3, -0.25) is 14.4 Å². The Kier molecular flexibility index (Phi) is 16.2. The Morgan fingerprint density at radius 2 is 1.40 bits per heavy atom. The first-order chi connectivity index (χ1) is 28.9. The number of rotatable bonds is 16. The third-order valence-corrected chi connectivity index (χ3v) is 15.7. The van der Waals surface area contributed by atoms with E-state index >= 15 is 0 Å². The highest BCUT2D eigenvalue weighted by atomic mass is 28.4. The minimum atomic E-state index is -2.12. The third kappa shape index (κ3) is 12.9. The molecule has 0 aliphatic heterocycles. The van der Waals surface area contributed by atoms with Crippen LogP contribution in [0.25, 0.3) is 11.1 Å². The van der Waals surface area contributed by atoms with Crippen molar-refractivity contribution in [2.75, 3.05) is 19.0 Å². The van der Waals surface area contributed by atoms with E-state index < -0.39 is 67.9 Å². The van der Waals surface area contributed by atoms with Crippen LogP contribution < -0.4 is 21.3 Å². The smallest absolute Gasteiger partial charge is 0.410 e. The quantitative estimate of drug-likeness (QED) is 0.0829. The number of terminal acetylenes is 1. The molecule has 3 atom stereocenters. The Labute approximate surface area is 368 Å². The van der Waals surface area contributed by atoms with Crippen molar-refractivity contribution < 1.29 is 37.9 Å². The summed E-state index contributed by atoms with van der Waals surface area (Å²) >= 11 is 0. The van der Waals surface area contributed by atoms with Crippen molar-refractivity contribution in [1.82, 2.24) is 20.9 Å². The van der Waals surface area contributed by atoms with Crippen molar-refractivity contribution in [3.05, 3.63) is 89.0 Å². The molecule has 0 spiro atoms. The van der Waals surface area contributed by atoms with Crippen LogP contribution in [-0.4, -0.2) is 80.5 Å². The standard InChI is InChI=1S/C48H65N5O8Si/c1-14-19-40(51-45(57)59-29-39-37-22-17-15-20-35(37)36-21-16-18-23-38(36)39)43(55)52-41(30(2)3)44(56)49-31(4)42(54)50-34-25-24-32(28-60-62(12,13)48(8,9)10)33(26-34)27-53(11)46(58)61-47(5,6)7/h1,15-18,20-26,30-31,39-41H,19,27-29H2,2-13H3,(H,49,56)(H,50,54)(H,51,57)(H,52,55)/t31-,40-,41-/m0/s1. The predicted octanol–water partition coefficient (Wildman–Crippen LogP) is 8.09. The van der Waals surface area contributed by atoms with Crippen molar-refractivity contribution in [3.8, 4) is 23.5 Å². The molecule has 3 aromatic carbocycles. The molecule has 4 rings (SSSR count). The lowest BCUT2D eigenvalue weighted by Crippen LogP contribution is -2.57. The van der Waals surface area contributed by atoms with Crippen LogP contribution in [0.2, 0.25) is 18.1 Å². The van der Waals surface area contributed by atoms with Crippen LogP contribution in [0.15, 0.2) is 66.7 Å². The van der Waals surface area contributed by atoms with E-state index in [2.05, 4.69) is 61.1 Å². The average Bonchev–Trinajstić information content (AvgIpc) is 3.50. The first kappa shape index (κ1) is 49.0. The van der Waals surface area contributed by atoms with Gasteiger partial charge in [0.2, 0.25) is 17.7 Å². The molecule has 1 aliphatic rings. The van der Waals surface area contributed by atoms with E-state index in [0.29, 0.717) is 12.3 Å². The van der Waals surface area contributed by atoms with Gasteiger partial charge >= 0.3 is 12.2 Å². The second-order valence-corrected chi connectivity index (χ2v) is 23.6. The van der Waals surface area contributed by atoms with Gasteiger partial charge < -0.3 is 40.1 Å². The Morgan fingerprint density at radius 1 is 0.806 bits per heavy atom. The number of alkyl carbamates (subject to hydrolysis) is 1. The van der Waals surface area contributed by atoms with Crippen LogP contribution >= 0.6 is 0 Å². The molecular formula is C48H65N5O8Si. The van der Waals surface area contributed by atoms with Gasteiger partial charge in [-0.2, -0.15) is 0 Å². The van der Waals surface area contributed by atoms with Crippen LogP contribution in [0.3, 0.4) is 0 Å². The number of amides is 5. The topological polar surface area (TPSA) is 164 Å². The maximum absolute atomic E-state index is 13.6. The van der Waals surface area contributed by atoms with Gasteiger partial charge in [-0.25, -0.2) is 9.59 Å². The zero-order valence-corrected chi connectivity index (χ0v) is 39.4. The van der Waals surface area contributed by atoms with E-state index in [-0.39, 0.29) is 30.5 Å². The molecule has 62 heavy (non-hydrogen) atoms. The molecule has 5 amide bonds. The fourth-order valence-corrected chi connectivity index (χ4v) is 7.59. The molecule has 0 unspecified atom stereocenters. The fraction of sp³-hybridized carbons (Fsp3) is 0.479. The van der Waals surface area contributed by atoms with Crippen LogP contribution in [0.4, 0.5) is 15.3 Å². The van der Waals surface area contributed by atoms with Gasteiger partial charge in [0.05, 0.1) is 6.61 Å². The molecule has 13 nitrogen and oxygen atoms in total. The highest BCUT2D eigenvalue weighted by molar-refractivity contribution is 6.74. The summed E-state index contributed by atoms with van der Waals surface area (Å²) in [4.78, 5) is 68.2. The Bertz CT molecular complexity index is 2110. The van der Waals surface area contributed by atoms with Crippen molar-refractivity contribution in [2.24, 2.45) is 5.92 Å². The van der Waals surface area contributed by atoms with Crippen LogP contribution in [0, 0.1) is 18.3 Å². The zero-order valence-electron chi connectivity index (χ0n) is 38.4. The second kappa shape index (κ2) is 20.5. The SMILES string of the molecule is C#CC[C@H](NC(=O)OCC1c2ccccc2-c2ccccc21)C(=O)N[C@H](C(=O)N[C@@H](C)C(=O)Nc1ccc(CO[Si](C)(C)C(C)(C)C)c(CN(C)C(=O)OC(C)(C)C)c1)C(C)C. The number of carbonyl (C=O) groups excluding carboxylic acids is 5. The summed E-state index contributed by atoms with van der Waals surface area (Å²) in [6, 6.07) is 18.0. The van der Waals surface area contributed by atoms with E-state index in [0.717, 1.165) is 33.4 Å². The predicted molar refractivity (Wildman–Crippen MR) is 245 cm³/mol. The van der Waals surface area contributed by atoms with Crippen LogP contribution in [-0.2, 0) is 41.4 Å². The molecule has 3 aromatic rings. The van der Waals surface area contributed by atoms with Crippen molar-refractivity contribution >= 4 is 43.9 Å². The molecule has 14 heteroatoms. The van der Waals surface area contributed by atoms with E-state index in [1.165, 1.54) is 11.8 Å². The molecule has 0 radical (unpaired) electrons. The number of benzene rings is 3. The molecular weight excluding hydrogens is 803 g/mol. The van der Waals surface area contributed by atoms with Crippen LogP contribution in [0.5, 0.6) is 0 Å². The van der Waals surface area contributed by atoms with E-state index in [4.69, 9.17) is 20.3 Å². The molecule has 0 saturated heterocycles. The normalized spacial score (nSPS) is 14.0. The zero-order chi connectivity index (χ0) is 46.2. The summed E-state index contributed by atoms with van der Waals surface area (Å²) in [5.41, 5.74) is 5.63. The van der Waals surface area contributed by atoms with Gasteiger partial charge in [0.1, 0.15) is 30.3 Å². The number of hydrogen-bond acceptors (Lipinski definition) is 8. The lowest BCUT2D eigenvalue weighted by Gasteiger charge is -2.36. The maximum Gasteiger partial charge on any atom is 0.410 e. The van der Waals surface area contributed by atoms with Crippen LogP contribution in [0.1, 0.15) is 96.9 Å². The number of carbonyl (C=O) groups is 5. The summed E-state index contributed by atoms with van der Waals surface area (Å²) in [6.45, 7) is 21.8. The summed E-state index contributed by atoms with van der Waals surface area (Å²) in [5.74, 6) is 0.0454. The molecule has 0 aromatic heterocycles. The first-order valence-corrected chi connectivity index (χ1v) is 24.0. The number of hydrogen-bond donors (Lipinski definition) is 4. The van der Waals surface area contributed by atoms with Gasteiger partial charge in [-0.1, -0.05) is 89.2 Å². The highest BCUT2D eigenvalue weighted by Crippen LogP contribution is 2.44. The van der Waals surface area contributed by atoms with Gasteiger partial charge in [-0.05, 0) is 97.3 Å². The lowest BCUT2D eigenvalue weighted by atomic mass is 9.98. The Morgan fingerprint density at radius 3 is 1.95 bits per heavy atom. The van der Waals surface area contributed by atoms with Crippen molar-refractivity contribution in [1.29, 1.82) is 0 Å². The molecule has 0 bridgehead atoms. The van der Waals surface area contributed by atoms with Gasteiger partial charge in [0, 0.05) is 31.6 Å². The Balaban J connectivity index is 1.40. The van der Waals surface area contributed by atoms with Gasteiger partial charge in [-0.15, -0.1) is 12.3 Å². The number of nitrogens with one attached hydrogen (secondary N) is 4. The second-order valence-electron chi connectivity index (χ2n) is 18.7. The van der Waals surface area contributed by atoms with E-state index in [1.54, 1.807) is 53.8 Å². The number of ether oxygens (including phenoxy) is 2. The molecule has 0 heterocycles. The Hall–Kier alpha value is -5.65. The lowest BCUT2D eigenvalue weighted by molar-refractivity contribution is -0.132. The number of anilines is 1. The van der Waals surface area contributed by atoms with Crippen molar-refractivity contribution in [3.63, 3.8) is 0 Å². The number of nitrogens with zero attached hydrogens (tertiary/aromatic N) is 1. The van der Waals surface area contributed by atoms with Gasteiger partial charge in [0.25, 0.3) is 0 Å². The third-order valence-electron chi connectivity index (χ3n) is 11.3. The molecule has 0 fully saturated rings. The summed E-state index contributed by atoms with van der Waals surface area (Å²) in [5, 5.41) is 10.8. The highest BCUT2D eigenvalue weighted by Gasteiger charge is 2.37. The van der Waals surface area contributed by atoms with Gasteiger partial charge in [0.15, 0.2) is 8.32 Å². The average molecular weight is 868 g/mol. The van der Waals surface area contributed by atoms with E-state index in [9.17, 15) is 24.0 Å². The number of fused-ring (bicyclic) bond motifs is 3. The monoisotopic (exact) mass is 867 g/mol. The molecule has 0 saturated carbocycles. The minimum absolute atomic E-state index is 0.0160. The summed E-state index contributed by atoms with van der Waals surface area (Å²) in [6.07, 6.45) is 4.11. The van der Waals surface area contributed by atoms with E-state index in [1.807, 2.05) is 54.6 Å². The summed E-state index contributed by atoms with van der Waals surface area (Å²) < 4.78 is 17.7. The largest absolute Gasteiger partial charge is 0.449 e. The minimum Gasteiger partial charge on any atom is -0.449 e. The fourth-order valence-electron chi connectivity index (χ4n) is 6.64. The molecule has 4 N–H and O–H groups in total. The van der Waals surface area contributed by atoms with Crippen molar-refractivity contribution in [2.45, 2.75) is 130 Å². The molecule has 334 valence electrons. The first-order valence-electron chi connectivity index (χ1n) is 21.1.